The first-order valence-corrected chi connectivity index (χ1v) is 11.4. The number of aromatic nitrogens is 3. The molecule has 1 fully saturated rings. The first kappa shape index (κ1) is 20.4. The number of carbonyl (C=O) groups is 1. The second-order valence-electron chi connectivity index (χ2n) is 8.30. The molecule has 2 aliphatic heterocycles. The number of piperazine rings is 1. The summed E-state index contributed by atoms with van der Waals surface area (Å²) in [4.78, 5) is 31.0. The van der Waals surface area contributed by atoms with Gasteiger partial charge >= 0.3 is 0 Å². The molecular weight excluding hydrogens is 430 g/mol. The molecule has 8 heteroatoms. The Hall–Kier alpha value is -4.20. The number of para-hydroxylation sites is 3. The van der Waals surface area contributed by atoms with E-state index in [4.69, 9.17) is 19.4 Å². The third-order valence-electron chi connectivity index (χ3n) is 6.20. The monoisotopic (exact) mass is 453 g/mol. The van der Waals surface area contributed by atoms with E-state index >= 15 is 0 Å². The number of benzene rings is 2. The minimum absolute atomic E-state index is 0.0424. The van der Waals surface area contributed by atoms with Gasteiger partial charge in [-0.15, -0.1) is 0 Å². The summed E-state index contributed by atoms with van der Waals surface area (Å²) in [5.41, 5.74) is 1.81. The number of fused-ring (bicyclic) bond motifs is 2. The topological polar surface area (TPSA) is 80.7 Å². The molecule has 1 amide bonds. The van der Waals surface area contributed by atoms with Crippen molar-refractivity contribution in [3.63, 3.8) is 0 Å². The minimum Gasteiger partial charge on any atom is -0.485 e. The number of rotatable bonds is 3. The van der Waals surface area contributed by atoms with Crippen molar-refractivity contribution in [3.8, 4) is 22.9 Å². The van der Waals surface area contributed by atoms with E-state index in [9.17, 15) is 4.79 Å². The summed E-state index contributed by atoms with van der Waals surface area (Å²) >= 11 is 0. The number of ether oxygens (including phenoxy) is 2. The SMILES string of the molecule is O=C(C1COc2ccccc2O1)N1CCN(c2nc(-c3ccncc3)nc3ccccc23)CC1. The van der Waals surface area contributed by atoms with Crippen LogP contribution < -0.4 is 14.4 Å². The Bertz CT molecular complexity index is 1340. The Morgan fingerprint density at radius 1 is 0.853 bits per heavy atom. The molecule has 4 aromatic rings. The molecule has 1 unspecified atom stereocenters. The van der Waals surface area contributed by atoms with Gasteiger partial charge in [-0.05, 0) is 36.4 Å². The molecule has 0 bridgehead atoms. The van der Waals surface area contributed by atoms with Gasteiger partial charge in [0.05, 0.1) is 5.52 Å². The molecule has 34 heavy (non-hydrogen) atoms. The second-order valence-corrected chi connectivity index (χ2v) is 8.30. The third-order valence-corrected chi connectivity index (χ3v) is 6.20. The largest absolute Gasteiger partial charge is 0.485 e. The van der Waals surface area contributed by atoms with E-state index in [1.807, 2.05) is 65.6 Å². The Morgan fingerprint density at radius 3 is 2.41 bits per heavy atom. The van der Waals surface area contributed by atoms with Crippen LogP contribution in [-0.4, -0.2) is 64.6 Å². The summed E-state index contributed by atoms with van der Waals surface area (Å²) < 4.78 is 11.7. The summed E-state index contributed by atoms with van der Waals surface area (Å²) in [5, 5.41) is 1.00. The van der Waals surface area contributed by atoms with Gasteiger partial charge in [-0.1, -0.05) is 24.3 Å². The average molecular weight is 454 g/mol. The lowest BCUT2D eigenvalue weighted by Gasteiger charge is -2.38. The standard InChI is InChI=1S/C26H23N5O3/c32-26(23-17-33-21-7-3-4-8-22(21)34-23)31-15-13-30(14-16-31)25-19-5-1-2-6-20(19)28-24(29-25)18-9-11-27-12-10-18/h1-12,23H,13-17H2. The Balaban J connectivity index is 1.21. The Morgan fingerprint density at radius 2 is 1.59 bits per heavy atom. The van der Waals surface area contributed by atoms with Gasteiger partial charge in [0.2, 0.25) is 6.10 Å². The van der Waals surface area contributed by atoms with Gasteiger partial charge in [0.15, 0.2) is 17.3 Å². The van der Waals surface area contributed by atoms with E-state index in [-0.39, 0.29) is 12.5 Å². The number of carbonyl (C=O) groups excluding carboxylic acids is 1. The molecule has 0 aliphatic carbocycles. The van der Waals surface area contributed by atoms with Gasteiger partial charge in [-0.3, -0.25) is 9.78 Å². The maximum Gasteiger partial charge on any atom is 0.267 e. The van der Waals surface area contributed by atoms with Crippen LogP contribution in [-0.2, 0) is 4.79 Å². The molecule has 4 heterocycles. The Kier molecular flexibility index (Phi) is 5.18. The van der Waals surface area contributed by atoms with Crippen molar-refractivity contribution in [2.45, 2.75) is 6.10 Å². The molecule has 0 radical (unpaired) electrons. The number of anilines is 1. The van der Waals surface area contributed by atoms with Crippen LogP contribution in [0.15, 0.2) is 73.1 Å². The second kappa shape index (κ2) is 8.62. The molecule has 0 N–H and O–H groups in total. The van der Waals surface area contributed by atoms with Crippen molar-refractivity contribution < 1.29 is 14.3 Å². The van der Waals surface area contributed by atoms with Crippen LogP contribution in [0.1, 0.15) is 0 Å². The number of amides is 1. The van der Waals surface area contributed by atoms with E-state index in [1.165, 1.54) is 0 Å². The van der Waals surface area contributed by atoms with E-state index in [0.717, 1.165) is 22.3 Å². The summed E-state index contributed by atoms with van der Waals surface area (Å²) in [6, 6.07) is 19.3. The van der Waals surface area contributed by atoms with Gasteiger partial charge < -0.3 is 19.3 Å². The first-order valence-electron chi connectivity index (χ1n) is 11.4. The smallest absolute Gasteiger partial charge is 0.267 e. The van der Waals surface area contributed by atoms with E-state index in [2.05, 4.69) is 9.88 Å². The molecule has 1 atom stereocenters. The average Bonchev–Trinajstić information content (AvgIpc) is 2.92. The fraction of sp³-hybridized carbons (Fsp3) is 0.231. The van der Waals surface area contributed by atoms with E-state index < -0.39 is 6.10 Å². The summed E-state index contributed by atoms with van der Waals surface area (Å²) in [6.07, 6.45) is 2.86. The first-order chi connectivity index (χ1) is 16.8. The van der Waals surface area contributed by atoms with Crippen LogP contribution in [0, 0.1) is 0 Å². The summed E-state index contributed by atoms with van der Waals surface area (Å²) in [6.45, 7) is 2.74. The molecule has 2 aromatic heterocycles. The molecule has 0 saturated carbocycles. The van der Waals surface area contributed by atoms with Gasteiger partial charge in [-0.2, -0.15) is 0 Å². The van der Waals surface area contributed by atoms with Gasteiger partial charge in [-0.25, -0.2) is 9.97 Å². The van der Waals surface area contributed by atoms with Crippen molar-refractivity contribution in [1.29, 1.82) is 0 Å². The number of nitrogens with zero attached hydrogens (tertiary/aromatic N) is 5. The van der Waals surface area contributed by atoms with Gasteiger partial charge in [0.25, 0.3) is 5.91 Å². The zero-order valence-electron chi connectivity index (χ0n) is 18.5. The molecule has 6 rings (SSSR count). The number of hydrogen-bond donors (Lipinski definition) is 0. The molecule has 170 valence electrons. The van der Waals surface area contributed by atoms with Gasteiger partial charge in [0, 0.05) is 49.5 Å². The van der Waals surface area contributed by atoms with Crippen LogP contribution in [0.3, 0.4) is 0 Å². The van der Waals surface area contributed by atoms with Crippen molar-refractivity contribution in [2.24, 2.45) is 0 Å². The fourth-order valence-electron chi connectivity index (χ4n) is 4.41. The zero-order valence-corrected chi connectivity index (χ0v) is 18.5. The van der Waals surface area contributed by atoms with Crippen molar-refractivity contribution in [3.05, 3.63) is 73.1 Å². The van der Waals surface area contributed by atoms with Crippen molar-refractivity contribution >= 4 is 22.6 Å². The maximum atomic E-state index is 13.1. The van der Waals surface area contributed by atoms with Crippen LogP contribution >= 0.6 is 0 Å². The zero-order chi connectivity index (χ0) is 22.9. The third kappa shape index (κ3) is 3.77. The molecule has 8 nitrogen and oxygen atoms in total. The molecular formula is C26H23N5O3. The highest BCUT2D eigenvalue weighted by atomic mass is 16.6. The molecule has 2 aliphatic rings. The summed E-state index contributed by atoms with van der Waals surface area (Å²) in [7, 11) is 0. The fourth-order valence-corrected chi connectivity index (χ4v) is 4.41. The highest BCUT2D eigenvalue weighted by molar-refractivity contribution is 5.91. The van der Waals surface area contributed by atoms with Crippen LogP contribution in [0.2, 0.25) is 0 Å². The van der Waals surface area contributed by atoms with Crippen LogP contribution in [0.4, 0.5) is 5.82 Å². The number of hydrogen-bond acceptors (Lipinski definition) is 7. The highest BCUT2D eigenvalue weighted by Gasteiger charge is 2.33. The van der Waals surface area contributed by atoms with E-state index in [0.29, 0.717) is 43.5 Å². The Labute approximate surface area is 196 Å². The van der Waals surface area contributed by atoms with E-state index in [1.54, 1.807) is 12.4 Å². The summed E-state index contributed by atoms with van der Waals surface area (Å²) in [5.74, 6) is 2.80. The molecule has 1 saturated heterocycles. The van der Waals surface area contributed by atoms with Gasteiger partial charge in [0.1, 0.15) is 12.4 Å². The maximum absolute atomic E-state index is 13.1. The lowest BCUT2D eigenvalue weighted by atomic mass is 10.1. The predicted octanol–water partition coefficient (Wildman–Crippen LogP) is 3.18. The predicted molar refractivity (Wildman–Crippen MR) is 128 cm³/mol. The quantitative estimate of drug-likeness (QED) is 0.471. The molecule has 2 aromatic carbocycles. The molecule has 0 spiro atoms. The number of pyridine rings is 1. The lowest BCUT2D eigenvalue weighted by molar-refractivity contribution is -0.141. The van der Waals surface area contributed by atoms with Crippen molar-refractivity contribution in [2.75, 3.05) is 37.7 Å². The van der Waals surface area contributed by atoms with Crippen LogP contribution in [0.5, 0.6) is 11.5 Å². The van der Waals surface area contributed by atoms with Crippen molar-refractivity contribution in [1.82, 2.24) is 19.9 Å². The minimum atomic E-state index is -0.625. The van der Waals surface area contributed by atoms with Crippen LogP contribution in [0.25, 0.3) is 22.3 Å². The highest BCUT2D eigenvalue weighted by Crippen LogP contribution is 2.32. The normalized spacial score (nSPS) is 17.6. The lowest BCUT2D eigenvalue weighted by Crippen LogP contribution is -2.54.